The number of carbonyl (C=O) groups is 1. The first kappa shape index (κ1) is 15.0. The molecule has 0 unspecified atom stereocenters. The number of hydrogen-bond acceptors (Lipinski definition) is 4. The van der Waals surface area contributed by atoms with Crippen LogP contribution in [0.1, 0.15) is 10.4 Å². The highest BCUT2D eigenvalue weighted by Gasteiger charge is 2.09. The number of carbonyl (C=O) groups excluding carboxylic acids is 1. The minimum atomic E-state index is 0. The average Bonchev–Trinajstić information content (AvgIpc) is 2.40. The Morgan fingerprint density at radius 2 is 2.11 bits per heavy atom. The number of halogens is 1. The van der Waals surface area contributed by atoms with Gasteiger partial charge in [0.25, 0.3) is 0 Å². The van der Waals surface area contributed by atoms with E-state index in [1.807, 2.05) is 12.1 Å². The van der Waals surface area contributed by atoms with Crippen LogP contribution in [-0.4, -0.2) is 50.6 Å². The lowest BCUT2D eigenvalue weighted by atomic mass is 10.2. The maximum atomic E-state index is 10.6. The highest BCUT2D eigenvalue weighted by Crippen LogP contribution is 2.11. The topological polar surface area (TPSA) is 38.8 Å². The fourth-order valence-corrected chi connectivity index (χ4v) is 1.80. The van der Waals surface area contributed by atoms with Crippen molar-refractivity contribution in [2.45, 2.75) is 0 Å². The van der Waals surface area contributed by atoms with Gasteiger partial charge in [-0.05, 0) is 12.1 Å². The molecule has 1 aromatic carbocycles. The van der Waals surface area contributed by atoms with Gasteiger partial charge < -0.3 is 9.47 Å². The van der Waals surface area contributed by atoms with E-state index in [1.165, 1.54) is 0 Å². The number of morpholine rings is 1. The van der Waals surface area contributed by atoms with E-state index in [4.69, 9.17) is 9.47 Å². The number of nitrogens with zero attached hydrogens (tertiary/aromatic N) is 1. The van der Waals surface area contributed by atoms with Crippen LogP contribution in [0.5, 0.6) is 5.75 Å². The Morgan fingerprint density at radius 1 is 1.33 bits per heavy atom. The summed E-state index contributed by atoms with van der Waals surface area (Å²) >= 11 is 0. The molecule has 1 heterocycles. The van der Waals surface area contributed by atoms with E-state index in [0.717, 1.165) is 44.9 Å². The van der Waals surface area contributed by atoms with Crippen LogP contribution in [-0.2, 0) is 4.74 Å². The Kier molecular flexibility index (Phi) is 6.72. The third-order valence-corrected chi connectivity index (χ3v) is 2.77. The molecule has 1 aromatic rings. The number of ether oxygens (including phenoxy) is 2. The number of aldehydes is 1. The third kappa shape index (κ3) is 4.64. The van der Waals surface area contributed by atoms with Crippen molar-refractivity contribution in [3.63, 3.8) is 0 Å². The quantitative estimate of drug-likeness (QED) is 0.763. The highest BCUT2D eigenvalue weighted by molar-refractivity contribution is 5.85. The number of hydrogen-bond donors (Lipinski definition) is 0. The van der Waals surface area contributed by atoms with Crippen molar-refractivity contribution in [2.75, 3.05) is 39.5 Å². The fourth-order valence-electron chi connectivity index (χ4n) is 1.80. The molecule has 0 aliphatic carbocycles. The molecule has 0 radical (unpaired) electrons. The average molecular weight is 272 g/mol. The Morgan fingerprint density at radius 3 is 2.83 bits per heavy atom. The molecule has 0 amide bonds. The summed E-state index contributed by atoms with van der Waals surface area (Å²) in [7, 11) is 0. The van der Waals surface area contributed by atoms with E-state index in [2.05, 4.69) is 4.90 Å². The predicted molar refractivity (Wildman–Crippen MR) is 71.8 cm³/mol. The second-order valence-corrected chi connectivity index (χ2v) is 3.99. The maximum absolute atomic E-state index is 10.6. The lowest BCUT2D eigenvalue weighted by molar-refractivity contribution is 0.0322. The molecule has 0 spiro atoms. The zero-order valence-corrected chi connectivity index (χ0v) is 11.0. The first-order valence-corrected chi connectivity index (χ1v) is 5.86. The smallest absolute Gasteiger partial charge is 0.150 e. The van der Waals surface area contributed by atoms with E-state index >= 15 is 0 Å². The molecular formula is C13H18ClNO3. The van der Waals surface area contributed by atoms with Crippen molar-refractivity contribution in [3.05, 3.63) is 29.8 Å². The van der Waals surface area contributed by atoms with Crippen molar-refractivity contribution in [3.8, 4) is 5.75 Å². The first-order valence-electron chi connectivity index (χ1n) is 5.86. The maximum Gasteiger partial charge on any atom is 0.150 e. The molecule has 100 valence electrons. The van der Waals surface area contributed by atoms with Gasteiger partial charge in [-0.1, -0.05) is 12.1 Å². The van der Waals surface area contributed by atoms with E-state index in [0.29, 0.717) is 12.2 Å². The largest absolute Gasteiger partial charge is 0.492 e. The van der Waals surface area contributed by atoms with Gasteiger partial charge in [0.15, 0.2) is 0 Å². The van der Waals surface area contributed by atoms with E-state index in [1.54, 1.807) is 12.1 Å². The Hall–Kier alpha value is -1.10. The minimum Gasteiger partial charge on any atom is -0.492 e. The lowest BCUT2D eigenvalue weighted by Crippen LogP contribution is -2.38. The molecule has 0 N–H and O–H groups in total. The second-order valence-electron chi connectivity index (χ2n) is 3.99. The molecule has 0 atom stereocenters. The molecule has 4 nitrogen and oxygen atoms in total. The van der Waals surface area contributed by atoms with Gasteiger partial charge in [0.1, 0.15) is 18.6 Å². The summed E-state index contributed by atoms with van der Waals surface area (Å²) in [6.07, 6.45) is 0.828. The van der Waals surface area contributed by atoms with Gasteiger partial charge in [-0.25, -0.2) is 0 Å². The van der Waals surface area contributed by atoms with Crippen LogP contribution in [0.2, 0.25) is 0 Å². The van der Waals surface area contributed by atoms with Gasteiger partial charge in [0.05, 0.1) is 13.2 Å². The molecule has 0 saturated carbocycles. The van der Waals surface area contributed by atoms with Crippen LogP contribution in [0.3, 0.4) is 0 Å². The minimum absolute atomic E-state index is 0. The highest BCUT2D eigenvalue weighted by atomic mass is 35.5. The van der Waals surface area contributed by atoms with Gasteiger partial charge >= 0.3 is 0 Å². The summed E-state index contributed by atoms with van der Waals surface area (Å²) in [6, 6.07) is 7.22. The summed E-state index contributed by atoms with van der Waals surface area (Å²) in [5.74, 6) is 0.753. The molecule has 5 heteroatoms. The zero-order valence-electron chi connectivity index (χ0n) is 10.2. The van der Waals surface area contributed by atoms with Crippen LogP contribution in [0.15, 0.2) is 24.3 Å². The van der Waals surface area contributed by atoms with E-state index in [9.17, 15) is 4.79 Å². The molecule has 1 aliphatic rings. The Bertz CT molecular complexity index is 367. The summed E-state index contributed by atoms with van der Waals surface area (Å²) in [5.41, 5.74) is 0.647. The predicted octanol–water partition coefficient (Wildman–Crippen LogP) is 1.63. The van der Waals surface area contributed by atoms with Crippen molar-refractivity contribution in [1.29, 1.82) is 0 Å². The van der Waals surface area contributed by atoms with Crippen LogP contribution >= 0.6 is 12.4 Å². The third-order valence-electron chi connectivity index (χ3n) is 2.77. The van der Waals surface area contributed by atoms with Crippen LogP contribution in [0, 0.1) is 0 Å². The normalized spacial score (nSPS) is 15.8. The molecule has 0 aromatic heterocycles. The second kappa shape index (κ2) is 8.08. The molecule has 1 fully saturated rings. The van der Waals surface area contributed by atoms with Crippen LogP contribution < -0.4 is 4.74 Å². The van der Waals surface area contributed by atoms with Crippen molar-refractivity contribution in [2.24, 2.45) is 0 Å². The fraction of sp³-hybridized carbons (Fsp3) is 0.462. The Balaban J connectivity index is 0.00000162. The number of benzene rings is 1. The lowest BCUT2D eigenvalue weighted by Gasteiger charge is -2.26. The Labute approximate surface area is 113 Å². The summed E-state index contributed by atoms with van der Waals surface area (Å²) in [6.45, 7) is 5.09. The summed E-state index contributed by atoms with van der Waals surface area (Å²) in [5, 5.41) is 0. The van der Waals surface area contributed by atoms with Gasteiger partial charge in [-0.2, -0.15) is 0 Å². The van der Waals surface area contributed by atoms with Gasteiger partial charge in [0.2, 0.25) is 0 Å². The summed E-state index contributed by atoms with van der Waals surface area (Å²) < 4.78 is 10.9. The molecular weight excluding hydrogens is 254 g/mol. The van der Waals surface area contributed by atoms with Gasteiger partial charge in [-0.3, -0.25) is 9.69 Å². The summed E-state index contributed by atoms with van der Waals surface area (Å²) in [4.78, 5) is 12.9. The van der Waals surface area contributed by atoms with Gasteiger partial charge in [-0.15, -0.1) is 12.4 Å². The SMILES string of the molecule is Cl.O=Cc1cccc(OCCN2CCOCC2)c1. The van der Waals surface area contributed by atoms with Crippen molar-refractivity contribution in [1.82, 2.24) is 4.90 Å². The zero-order chi connectivity index (χ0) is 11.9. The van der Waals surface area contributed by atoms with Crippen molar-refractivity contribution < 1.29 is 14.3 Å². The molecule has 0 bridgehead atoms. The van der Waals surface area contributed by atoms with Gasteiger partial charge in [0, 0.05) is 25.2 Å². The molecule has 18 heavy (non-hydrogen) atoms. The van der Waals surface area contributed by atoms with E-state index in [-0.39, 0.29) is 12.4 Å². The van der Waals surface area contributed by atoms with Crippen molar-refractivity contribution >= 4 is 18.7 Å². The molecule has 1 saturated heterocycles. The van der Waals surface area contributed by atoms with E-state index < -0.39 is 0 Å². The monoisotopic (exact) mass is 271 g/mol. The molecule has 2 rings (SSSR count). The number of rotatable bonds is 5. The standard InChI is InChI=1S/C13H17NO3.ClH/c15-11-12-2-1-3-13(10-12)17-9-6-14-4-7-16-8-5-14;/h1-3,10-11H,4-9H2;1H. The van der Waals surface area contributed by atoms with Crippen LogP contribution in [0.4, 0.5) is 0 Å². The molecule has 1 aliphatic heterocycles. The first-order chi connectivity index (χ1) is 8.38. The van der Waals surface area contributed by atoms with Crippen LogP contribution in [0.25, 0.3) is 0 Å².